The summed E-state index contributed by atoms with van der Waals surface area (Å²) in [6.45, 7) is 3.14. The number of Topliss-reactive ketones (excluding diaryl/α,β-unsaturated/α-hetero) is 1. The van der Waals surface area contributed by atoms with Gasteiger partial charge < -0.3 is 20.7 Å². The van der Waals surface area contributed by atoms with Gasteiger partial charge in [0.15, 0.2) is 5.78 Å². The quantitative estimate of drug-likeness (QED) is 0.421. The van der Waals surface area contributed by atoms with Crippen molar-refractivity contribution < 1.29 is 14.3 Å². The number of hydrogen-bond donors (Lipinski definition) is 2. The number of nitrogens with one attached hydrogen (secondary N) is 1. The molecule has 1 atom stereocenters. The number of carbonyl (C=O) groups is 2. The lowest BCUT2D eigenvalue weighted by molar-refractivity contribution is 0.0962. The second-order valence-corrected chi connectivity index (χ2v) is 7.89. The van der Waals surface area contributed by atoms with Crippen LogP contribution in [0.25, 0.3) is 11.0 Å². The van der Waals surface area contributed by atoms with Crippen molar-refractivity contribution in [3.63, 3.8) is 0 Å². The minimum atomic E-state index is -0.764. The number of halogens is 1. The summed E-state index contributed by atoms with van der Waals surface area (Å²) in [7, 11) is 0. The molecule has 1 unspecified atom stereocenters. The van der Waals surface area contributed by atoms with Crippen LogP contribution in [-0.2, 0) is 4.74 Å². The van der Waals surface area contributed by atoms with E-state index in [4.69, 9.17) is 22.1 Å². The first-order chi connectivity index (χ1) is 15.4. The lowest BCUT2D eigenvalue weighted by Crippen LogP contribution is -2.41. The Morgan fingerprint density at radius 3 is 2.81 bits per heavy atom. The lowest BCUT2D eigenvalue weighted by Gasteiger charge is -2.32. The lowest BCUT2D eigenvalue weighted by atomic mass is 10.1. The highest BCUT2D eigenvalue weighted by Gasteiger charge is 2.23. The molecule has 3 N–H and O–H groups in total. The van der Waals surface area contributed by atoms with E-state index in [-0.39, 0.29) is 11.9 Å². The van der Waals surface area contributed by atoms with E-state index in [0.717, 1.165) is 25.2 Å². The van der Waals surface area contributed by atoms with Crippen LogP contribution in [0.4, 0.5) is 22.0 Å². The first-order valence-electron chi connectivity index (χ1n) is 10.4. The number of fused-ring (bicyclic) bond motifs is 1. The third-order valence-corrected chi connectivity index (χ3v) is 5.51. The number of rotatable bonds is 6. The smallest absolute Gasteiger partial charge is 0.404 e. The number of ketones is 1. The minimum absolute atomic E-state index is 0.0536. The minimum Gasteiger partial charge on any atom is -0.445 e. The Kier molecular flexibility index (Phi) is 6.36. The number of amides is 1. The normalized spacial score (nSPS) is 16.1. The van der Waals surface area contributed by atoms with E-state index in [1.165, 1.54) is 0 Å². The van der Waals surface area contributed by atoms with Crippen LogP contribution < -0.4 is 16.0 Å². The van der Waals surface area contributed by atoms with Gasteiger partial charge in [0, 0.05) is 19.2 Å². The zero-order chi connectivity index (χ0) is 22.7. The molecule has 1 aliphatic heterocycles. The number of pyridine rings is 3. The molecule has 1 amide bonds. The molecule has 3 aromatic heterocycles. The van der Waals surface area contributed by atoms with Gasteiger partial charge in [-0.15, -0.1) is 0 Å². The molecule has 0 radical (unpaired) electrons. The van der Waals surface area contributed by atoms with Crippen LogP contribution >= 0.6 is 11.6 Å². The summed E-state index contributed by atoms with van der Waals surface area (Å²) in [5.74, 6) is 0.709. The second kappa shape index (κ2) is 9.35. The van der Waals surface area contributed by atoms with E-state index >= 15 is 0 Å². The molecule has 4 heterocycles. The Balaban J connectivity index is 1.60. The fraction of sp³-hybridized carbons (Fsp3) is 0.318. The summed E-state index contributed by atoms with van der Waals surface area (Å²) in [5.41, 5.74) is 7.98. The highest BCUT2D eigenvalue weighted by Crippen LogP contribution is 2.30. The van der Waals surface area contributed by atoms with Crippen LogP contribution in [0.1, 0.15) is 36.5 Å². The first kappa shape index (κ1) is 21.8. The number of aromatic nitrogens is 3. The van der Waals surface area contributed by atoms with E-state index in [9.17, 15) is 9.59 Å². The Labute approximate surface area is 189 Å². The van der Waals surface area contributed by atoms with Gasteiger partial charge in [0.1, 0.15) is 22.6 Å². The van der Waals surface area contributed by atoms with Crippen LogP contribution in [0, 0.1) is 0 Å². The van der Waals surface area contributed by atoms with Gasteiger partial charge in [0.05, 0.1) is 35.2 Å². The SMILES string of the molecule is CCC(=O)c1cnc2ccc(Cl)nc2c1Nc1ccc(N2CCCC(OC(N)=O)C2)nc1. The van der Waals surface area contributed by atoms with Crippen molar-refractivity contribution in [3.05, 3.63) is 47.4 Å². The predicted molar refractivity (Wildman–Crippen MR) is 123 cm³/mol. The number of carbonyl (C=O) groups excluding carboxylic acids is 2. The molecule has 32 heavy (non-hydrogen) atoms. The average Bonchev–Trinajstić information content (AvgIpc) is 2.79. The third-order valence-electron chi connectivity index (χ3n) is 5.30. The van der Waals surface area contributed by atoms with Crippen molar-refractivity contribution in [1.82, 2.24) is 15.0 Å². The van der Waals surface area contributed by atoms with Gasteiger partial charge >= 0.3 is 6.09 Å². The monoisotopic (exact) mass is 454 g/mol. The second-order valence-electron chi connectivity index (χ2n) is 7.50. The first-order valence-corrected chi connectivity index (χ1v) is 10.7. The Morgan fingerprint density at radius 1 is 1.25 bits per heavy atom. The molecule has 10 heteroatoms. The van der Waals surface area contributed by atoms with Gasteiger partial charge in [-0.25, -0.2) is 14.8 Å². The molecule has 0 bridgehead atoms. The van der Waals surface area contributed by atoms with Crippen LogP contribution in [0.15, 0.2) is 36.7 Å². The van der Waals surface area contributed by atoms with Crippen molar-refractivity contribution in [2.75, 3.05) is 23.3 Å². The number of primary amides is 1. The van der Waals surface area contributed by atoms with Crippen molar-refractivity contribution in [2.45, 2.75) is 32.3 Å². The largest absolute Gasteiger partial charge is 0.445 e. The number of nitrogens with two attached hydrogens (primary N) is 1. The van der Waals surface area contributed by atoms with Gasteiger partial charge in [0.25, 0.3) is 0 Å². The van der Waals surface area contributed by atoms with Gasteiger partial charge in [0.2, 0.25) is 0 Å². The molecule has 0 aliphatic carbocycles. The van der Waals surface area contributed by atoms with Gasteiger partial charge in [-0.3, -0.25) is 9.78 Å². The molecule has 4 rings (SSSR count). The summed E-state index contributed by atoms with van der Waals surface area (Å²) in [4.78, 5) is 38.9. The number of ether oxygens (including phenoxy) is 1. The zero-order valence-electron chi connectivity index (χ0n) is 17.5. The van der Waals surface area contributed by atoms with Crippen LogP contribution in [-0.4, -0.2) is 46.0 Å². The molecule has 3 aromatic rings. The Hall–Kier alpha value is -3.46. The maximum Gasteiger partial charge on any atom is 0.404 e. The number of piperidine rings is 1. The van der Waals surface area contributed by atoms with Crippen molar-refractivity contribution in [2.24, 2.45) is 5.73 Å². The fourth-order valence-electron chi connectivity index (χ4n) is 3.77. The highest BCUT2D eigenvalue weighted by molar-refractivity contribution is 6.30. The van der Waals surface area contributed by atoms with E-state index < -0.39 is 6.09 Å². The molecule has 1 aliphatic rings. The maximum atomic E-state index is 12.5. The highest BCUT2D eigenvalue weighted by atomic mass is 35.5. The van der Waals surface area contributed by atoms with Crippen LogP contribution in [0.2, 0.25) is 5.15 Å². The number of hydrogen-bond acceptors (Lipinski definition) is 8. The Morgan fingerprint density at radius 2 is 2.09 bits per heavy atom. The van der Waals surface area contributed by atoms with Crippen molar-refractivity contribution >= 4 is 51.7 Å². The molecule has 0 saturated carbocycles. The summed E-state index contributed by atoms with van der Waals surface area (Å²) in [6, 6.07) is 7.17. The number of nitrogens with zero attached hydrogens (tertiary/aromatic N) is 4. The molecule has 0 spiro atoms. The Bertz CT molecular complexity index is 1150. The molecule has 9 nitrogen and oxygen atoms in total. The summed E-state index contributed by atoms with van der Waals surface area (Å²) in [5, 5.41) is 3.59. The maximum absolute atomic E-state index is 12.5. The van der Waals surface area contributed by atoms with Gasteiger partial charge in [-0.1, -0.05) is 18.5 Å². The van der Waals surface area contributed by atoms with Gasteiger partial charge in [-0.2, -0.15) is 0 Å². The molecule has 0 aromatic carbocycles. The van der Waals surface area contributed by atoms with Crippen molar-refractivity contribution in [1.29, 1.82) is 0 Å². The molecular weight excluding hydrogens is 432 g/mol. The molecule has 166 valence electrons. The van der Waals surface area contributed by atoms with E-state index in [1.807, 2.05) is 12.1 Å². The van der Waals surface area contributed by atoms with E-state index in [2.05, 4.69) is 25.2 Å². The van der Waals surface area contributed by atoms with E-state index in [0.29, 0.717) is 46.1 Å². The topological polar surface area (TPSA) is 123 Å². The standard InChI is InChI=1S/C22H23ClN6O3/c1-2-17(30)15-11-25-16-6-7-18(23)28-21(16)20(15)27-13-5-8-19(26-10-13)29-9-3-4-14(12-29)32-22(24)31/h5-8,10-11,14H,2-4,9,12H2,1H3,(H2,24,31)(H,25,27). The van der Waals surface area contributed by atoms with Gasteiger partial charge in [-0.05, 0) is 37.1 Å². The summed E-state index contributed by atoms with van der Waals surface area (Å²) >= 11 is 6.10. The fourth-order valence-corrected chi connectivity index (χ4v) is 3.92. The predicted octanol–water partition coefficient (Wildman–Crippen LogP) is 4.08. The molecule has 1 saturated heterocycles. The summed E-state index contributed by atoms with van der Waals surface area (Å²) in [6.07, 6.45) is 4.21. The zero-order valence-corrected chi connectivity index (χ0v) is 18.3. The van der Waals surface area contributed by atoms with Crippen molar-refractivity contribution in [3.8, 4) is 0 Å². The third kappa shape index (κ3) is 4.72. The number of anilines is 3. The molecular formula is C22H23ClN6O3. The average molecular weight is 455 g/mol. The summed E-state index contributed by atoms with van der Waals surface area (Å²) < 4.78 is 5.14. The molecule has 1 fully saturated rings. The van der Waals surface area contributed by atoms with Crippen LogP contribution in [0.5, 0.6) is 0 Å². The van der Waals surface area contributed by atoms with E-state index in [1.54, 1.807) is 31.5 Å². The van der Waals surface area contributed by atoms with Crippen LogP contribution in [0.3, 0.4) is 0 Å².